The standard InChI is InChI=1S/C16H12FN3O4/c1-24-15-6-12-14(7-13(15)17)19(9-18-16(12)21)8-10-3-2-4-11(5-10)20(22)23/h2-7,9H,8H2,1H3. The summed E-state index contributed by atoms with van der Waals surface area (Å²) < 4.78 is 20.4. The zero-order chi connectivity index (χ0) is 17.3. The number of hydrogen-bond donors (Lipinski definition) is 0. The van der Waals surface area contributed by atoms with E-state index in [1.54, 1.807) is 16.7 Å². The molecule has 7 nitrogen and oxygen atoms in total. The summed E-state index contributed by atoms with van der Waals surface area (Å²) in [6.07, 6.45) is 1.29. The van der Waals surface area contributed by atoms with Crippen molar-refractivity contribution in [2.45, 2.75) is 6.54 Å². The number of benzene rings is 2. The summed E-state index contributed by atoms with van der Waals surface area (Å²) in [5.74, 6) is -0.655. The lowest BCUT2D eigenvalue weighted by Crippen LogP contribution is -2.13. The monoisotopic (exact) mass is 329 g/mol. The molecule has 0 N–H and O–H groups in total. The Bertz CT molecular complexity index is 1000. The normalized spacial score (nSPS) is 10.8. The lowest BCUT2D eigenvalue weighted by molar-refractivity contribution is -0.384. The van der Waals surface area contributed by atoms with E-state index in [0.29, 0.717) is 11.1 Å². The third-order valence-corrected chi connectivity index (χ3v) is 3.60. The molecule has 1 aromatic heterocycles. The number of hydrogen-bond acceptors (Lipinski definition) is 5. The van der Waals surface area contributed by atoms with Gasteiger partial charge in [0.15, 0.2) is 11.6 Å². The third-order valence-electron chi connectivity index (χ3n) is 3.60. The highest BCUT2D eigenvalue weighted by atomic mass is 19.1. The maximum absolute atomic E-state index is 14.0. The largest absolute Gasteiger partial charge is 0.494 e. The molecule has 8 heteroatoms. The Hall–Kier alpha value is -3.29. The van der Waals surface area contributed by atoms with Crippen LogP contribution < -0.4 is 10.3 Å². The van der Waals surface area contributed by atoms with Crippen LogP contribution in [0.1, 0.15) is 5.56 Å². The Labute approximate surface area is 135 Å². The predicted octanol–water partition coefficient (Wildman–Crippen LogP) is 2.50. The molecule has 24 heavy (non-hydrogen) atoms. The first-order chi connectivity index (χ1) is 11.5. The summed E-state index contributed by atoms with van der Waals surface area (Å²) in [6, 6.07) is 8.56. The van der Waals surface area contributed by atoms with E-state index in [9.17, 15) is 19.3 Å². The number of non-ortho nitro benzene ring substituents is 1. The summed E-state index contributed by atoms with van der Waals surface area (Å²) in [4.78, 5) is 26.0. The van der Waals surface area contributed by atoms with Gasteiger partial charge in [-0.25, -0.2) is 4.39 Å². The van der Waals surface area contributed by atoms with Crippen molar-refractivity contribution >= 4 is 16.6 Å². The topological polar surface area (TPSA) is 87.3 Å². The first-order valence-corrected chi connectivity index (χ1v) is 6.95. The van der Waals surface area contributed by atoms with Crippen LogP contribution in [0.15, 0.2) is 47.5 Å². The number of fused-ring (bicyclic) bond motifs is 1. The molecule has 2 aromatic carbocycles. The second kappa shape index (κ2) is 6.07. The molecular weight excluding hydrogens is 317 g/mol. The summed E-state index contributed by atoms with van der Waals surface area (Å²) in [5, 5.41) is 11.1. The molecule has 0 atom stereocenters. The van der Waals surface area contributed by atoms with Crippen molar-refractivity contribution in [1.82, 2.24) is 9.55 Å². The van der Waals surface area contributed by atoms with Crippen LogP contribution in [-0.2, 0) is 6.54 Å². The van der Waals surface area contributed by atoms with Crippen LogP contribution in [0, 0.1) is 15.9 Å². The molecule has 3 rings (SSSR count). The molecular formula is C16H12FN3O4. The molecule has 0 unspecified atom stereocenters. The van der Waals surface area contributed by atoms with Gasteiger partial charge in [0.25, 0.3) is 11.2 Å². The van der Waals surface area contributed by atoms with Gasteiger partial charge in [0.1, 0.15) is 0 Å². The van der Waals surface area contributed by atoms with Crippen molar-refractivity contribution in [3.8, 4) is 5.75 Å². The smallest absolute Gasteiger partial charge is 0.280 e. The van der Waals surface area contributed by atoms with Gasteiger partial charge in [-0.05, 0) is 11.6 Å². The average molecular weight is 329 g/mol. The molecule has 0 radical (unpaired) electrons. The van der Waals surface area contributed by atoms with Crippen molar-refractivity contribution in [3.05, 3.63) is 74.6 Å². The van der Waals surface area contributed by atoms with Crippen LogP contribution in [0.5, 0.6) is 5.75 Å². The molecule has 0 aliphatic heterocycles. The quantitative estimate of drug-likeness (QED) is 0.542. The van der Waals surface area contributed by atoms with Gasteiger partial charge in [0.2, 0.25) is 0 Å². The maximum atomic E-state index is 14.0. The fourth-order valence-corrected chi connectivity index (χ4v) is 2.45. The van der Waals surface area contributed by atoms with Crippen molar-refractivity contribution < 1.29 is 14.1 Å². The summed E-state index contributed by atoms with van der Waals surface area (Å²) in [5.41, 5.74) is 0.421. The van der Waals surface area contributed by atoms with Gasteiger partial charge in [0.05, 0.1) is 29.3 Å². The number of methoxy groups -OCH3 is 1. The van der Waals surface area contributed by atoms with Crippen molar-refractivity contribution in [3.63, 3.8) is 0 Å². The van der Waals surface area contributed by atoms with Crippen molar-refractivity contribution in [2.75, 3.05) is 7.11 Å². The summed E-state index contributed by atoms with van der Waals surface area (Å²) in [7, 11) is 1.31. The molecule has 0 aliphatic rings. The predicted molar refractivity (Wildman–Crippen MR) is 84.7 cm³/mol. The second-order valence-electron chi connectivity index (χ2n) is 5.11. The van der Waals surface area contributed by atoms with E-state index in [4.69, 9.17) is 4.74 Å². The van der Waals surface area contributed by atoms with Gasteiger partial charge in [-0.3, -0.25) is 14.9 Å². The minimum Gasteiger partial charge on any atom is -0.494 e. The van der Waals surface area contributed by atoms with Crippen molar-refractivity contribution in [1.29, 1.82) is 0 Å². The third kappa shape index (κ3) is 2.81. The lowest BCUT2D eigenvalue weighted by atomic mass is 10.1. The fourth-order valence-electron chi connectivity index (χ4n) is 2.45. The van der Waals surface area contributed by atoms with Gasteiger partial charge in [-0.2, -0.15) is 4.98 Å². The van der Waals surface area contributed by atoms with Gasteiger partial charge in [0, 0.05) is 24.7 Å². The van der Waals surface area contributed by atoms with Crippen LogP contribution in [0.25, 0.3) is 10.9 Å². The fraction of sp³-hybridized carbons (Fsp3) is 0.125. The molecule has 3 aromatic rings. The van der Waals surface area contributed by atoms with E-state index in [1.165, 1.54) is 37.7 Å². The highest BCUT2D eigenvalue weighted by Gasteiger charge is 2.12. The van der Waals surface area contributed by atoms with Crippen LogP contribution in [0.3, 0.4) is 0 Å². The number of nitro benzene ring substituents is 1. The number of rotatable bonds is 4. The number of halogens is 1. The summed E-state index contributed by atoms with van der Waals surface area (Å²) >= 11 is 0. The second-order valence-corrected chi connectivity index (χ2v) is 5.11. The van der Waals surface area contributed by atoms with Crippen LogP contribution in [0.4, 0.5) is 10.1 Å². The van der Waals surface area contributed by atoms with Crippen molar-refractivity contribution in [2.24, 2.45) is 0 Å². The Morgan fingerprint density at radius 3 is 2.83 bits per heavy atom. The molecule has 1 heterocycles. The Morgan fingerprint density at radius 1 is 1.33 bits per heavy atom. The molecule has 0 spiro atoms. The molecule has 0 saturated heterocycles. The Kier molecular flexibility index (Phi) is 3.95. The SMILES string of the molecule is COc1cc2c(=O)ncn(Cc3cccc([N+](=O)[O-])c3)c2cc1F. The molecule has 0 saturated carbocycles. The maximum Gasteiger partial charge on any atom is 0.280 e. The molecule has 0 fully saturated rings. The van der Waals surface area contributed by atoms with E-state index in [0.717, 1.165) is 0 Å². The number of aromatic nitrogens is 2. The lowest BCUT2D eigenvalue weighted by Gasteiger charge is -2.11. The zero-order valence-corrected chi connectivity index (χ0v) is 12.6. The van der Waals surface area contributed by atoms with E-state index in [-0.39, 0.29) is 23.4 Å². The summed E-state index contributed by atoms with van der Waals surface area (Å²) in [6.45, 7) is 0.206. The number of ether oxygens (including phenoxy) is 1. The van der Waals surface area contributed by atoms with E-state index in [1.807, 2.05) is 0 Å². The first kappa shape index (κ1) is 15.6. The first-order valence-electron chi connectivity index (χ1n) is 6.95. The van der Waals surface area contributed by atoms with Gasteiger partial charge in [-0.1, -0.05) is 12.1 Å². The Morgan fingerprint density at radius 2 is 2.12 bits per heavy atom. The minimum atomic E-state index is -0.608. The van der Waals surface area contributed by atoms with E-state index < -0.39 is 16.3 Å². The molecule has 122 valence electrons. The number of nitro groups is 1. The minimum absolute atomic E-state index is 0.0429. The highest BCUT2D eigenvalue weighted by molar-refractivity contribution is 5.80. The molecule has 0 amide bonds. The van der Waals surface area contributed by atoms with Gasteiger partial charge < -0.3 is 9.30 Å². The highest BCUT2D eigenvalue weighted by Crippen LogP contribution is 2.23. The van der Waals surface area contributed by atoms with E-state index in [2.05, 4.69) is 4.98 Å². The average Bonchev–Trinajstić information content (AvgIpc) is 2.57. The van der Waals surface area contributed by atoms with Crippen LogP contribution in [0.2, 0.25) is 0 Å². The van der Waals surface area contributed by atoms with E-state index >= 15 is 0 Å². The molecule has 0 bridgehead atoms. The van der Waals surface area contributed by atoms with Crippen LogP contribution >= 0.6 is 0 Å². The van der Waals surface area contributed by atoms with Crippen LogP contribution in [-0.4, -0.2) is 21.6 Å². The van der Waals surface area contributed by atoms with Gasteiger partial charge in [-0.15, -0.1) is 0 Å². The number of nitrogens with zero attached hydrogens (tertiary/aromatic N) is 3. The Balaban J connectivity index is 2.12. The zero-order valence-electron chi connectivity index (χ0n) is 12.6. The van der Waals surface area contributed by atoms with Gasteiger partial charge >= 0.3 is 0 Å². The molecule has 0 aliphatic carbocycles.